The predicted octanol–water partition coefficient (Wildman–Crippen LogP) is 1.57. The second kappa shape index (κ2) is 6.70. The number of nitrogens with zero attached hydrogens (tertiary/aromatic N) is 3. The molecule has 0 atom stereocenters. The highest BCUT2D eigenvalue weighted by Gasteiger charge is 2.17. The van der Waals surface area contributed by atoms with Gasteiger partial charge in [0, 0.05) is 26.3 Å². The van der Waals surface area contributed by atoms with E-state index in [-0.39, 0.29) is 5.91 Å². The van der Waals surface area contributed by atoms with Crippen molar-refractivity contribution < 1.29 is 4.79 Å². The molecule has 5 nitrogen and oxygen atoms in total. The van der Waals surface area contributed by atoms with Gasteiger partial charge in [-0.05, 0) is 25.8 Å². The van der Waals surface area contributed by atoms with Crippen molar-refractivity contribution >= 4 is 5.91 Å². The van der Waals surface area contributed by atoms with Crippen LogP contribution in [0.1, 0.15) is 44.3 Å². The molecule has 0 spiro atoms. The lowest BCUT2D eigenvalue weighted by Gasteiger charge is -2.14. The van der Waals surface area contributed by atoms with Crippen molar-refractivity contribution in [3.05, 3.63) is 18.0 Å². The van der Waals surface area contributed by atoms with E-state index >= 15 is 0 Å². The molecule has 1 heterocycles. The lowest BCUT2D eigenvalue weighted by atomic mass is 10.3. The molecule has 1 amide bonds. The van der Waals surface area contributed by atoms with Crippen molar-refractivity contribution in [2.24, 2.45) is 0 Å². The van der Waals surface area contributed by atoms with E-state index in [0.717, 1.165) is 12.2 Å². The van der Waals surface area contributed by atoms with Crippen LogP contribution < -0.4 is 5.32 Å². The van der Waals surface area contributed by atoms with Gasteiger partial charge in [0.25, 0.3) is 0 Å². The molecule has 1 saturated carbocycles. The lowest BCUT2D eigenvalue weighted by molar-refractivity contribution is -0.128. The van der Waals surface area contributed by atoms with Gasteiger partial charge in [-0.15, -0.1) is 0 Å². The minimum Gasteiger partial charge on any atom is -0.345 e. The number of hydrogen-bond acceptors (Lipinski definition) is 3. The molecule has 1 aliphatic carbocycles. The zero-order valence-corrected chi connectivity index (χ0v) is 11.9. The first kappa shape index (κ1) is 14.1. The van der Waals surface area contributed by atoms with Gasteiger partial charge in [0.2, 0.25) is 5.91 Å². The van der Waals surface area contributed by atoms with E-state index in [1.807, 2.05) is 20.0 Å². The third-order valence-corrected chi connectivity index (χ3v) is 3.84. The Kier molecular flexibility index (Phi) is 4.96. The molecule has 0 bridgehead atoms. The first-order valence-corrected chi connectivity index (χ1v) is 7.19. The lowest BCUT2D eigenvalue weighted by Crippen LogP contribution is -2.35. The SMILES string of the molecule is CCN(C)C(=O)CNCc1ccn(C2CCCC2)n1. The van der Waals surface area contributed by atoms with Crippen molar-refractivity contribution in [2.75, 3.05) is 20.1 Å². The topological polar surface area (TPSA) is 50.2 Å². The Labute approximate surface area is 115 Å². The molecule has 1 fully saturated rings. The Morgan fingerprint density at radius 1 is 1.53 bits per heavy atom. The van der Waals surface area contributed by atoms with Gasteiger partial charge in [0.05, 0.1) is 18.3 Å². The summed E-state index contributed by atoms with van der Waals surface area (Å²) in [5.74, 6) is 0.123. The summed E-state index contributed by atoms with van der Waals surface area (Å²) in [4.78, 5) is 13.3. The molecule has 1 aromatic heterocycles. The quantitative estimate of drug-likeness (QED) is 0.848. The van der Waals surface area contributed by atoms with E-state index in [1.54, 1.807) is 4.90 Å². The van der Waals surface area contributed by atoms with Crippen LogP contribution >= 0.6 is 0 Å². The third-order valence-electron chi connectivity index (χ3n) is 3.84. The number of aromatic nitrogens is 2. The van der Waals surface area contributed by atoms with Crippen LogP contribution in [0.4, 0.5) is 0 Å². The minimum atomic E-state index is 0.123. The first-order chi connectivity index (χ1) is 9.20. The van der Waals surface area contributed by atoms with Crippen molar-refractivity contribution in [2.45, 2.75) is 45.2 Å². The Morgan fingerprint density at radius 2 is 2.26 bits per heavy atom. The van der Waals surface area contributed by atoms with Gasteiger partial charge < -0.3 is 10.2 Å². The predicted molar refractivity (Wildman–Crippen MR) is 74.7 cm³/mol. The van der Waals surface area contributed by atoms with Crippen LogP contribution in [0.25, 0.3) is 0 Å². The van der Waals surface area contributed by atoms with Gasteiger partial charge in [-0.25, -0.2) is 0 Å². The van der Waals surface area contributed by atoms with Crippen molar-refractivity contribution in [3.8, 4) is 0 Å². The molecule has 1 aromatic rings. The number of amides is 1. The maximum absolute atomic E-state index is 11.6. The summed E-state index contributed by atoms with van der Waals surface area (Å²) in [6, 6.07) is 2.63. The third kappa shape index (κ3) is 3.80. The van der Waals surface area contributed by atoms with Gasteiger partial charge in [0.1, 0.15) is 0 Å². The van der Waals surface area contributed by atoms with Crippen LogP contribution in [0.3, 0.4) is 0 Å². The number of carbonyl (C=O) groups is 1. The molecule has 5 heteroatoms. The van der Waals surface area contributed by atoms with Crippen molar-refractivity contribution in [3.63, 3.8) is 0 Å². The molecule has 0 unspecified atom stereocenters. The van der Waals surface area contributed by atoms with Crippen LogP contribution in [0.5, 0.6) is 0 Å². The van der Waals surface area contributed by atoms with Crippen LogP contribution in [0, 0.1) is 0 Å². The Morgan fingerprint density at radius 3 is 2.95 bits per heavy atom. The summed E-state index contributed by atoms with van der Waals surface area (Å²) in [6.45, 7) is 3.75. The van der Waals surface area contributed by atoms with E-state index in [0.29, 0.717) is 19.1 Å². The minimum absolute atomic E-state index is 0.123. The molecule has 19 heavy (non-hydrogen) atoms. The maximum atomic E-state index is 11.6. The van der Waals surface area contributed by atoms with Crippen LogP contribution in [-0.2, 0) is 11.3 Å². The van der Waals surface area contributed by atoms with Crippen molar-refractivity contribution in [1.29, 1.82) is 0 Å². The summed E-state index contributed by atoms with van der Waals surface area (Å²) in [5, 5.41) is 7.74. The standard InChI is InChI=1S/C14H24N4O/c1-3-17(2)14(19)11-15-10-12-8-9-18(16-12)13-6-4-5-7-13/h8-9,13,15H,3-7,10-11H2,1-2H3. The Hall–Kier alpha value is -1.36. The zero-order chi connectivity index (χ0) is 13.7. The molecule has 0 saturated heterocycles. The van der Waals surface area contributed by atoms with Crippen LogP contribution in [0.15, 0.2) is 12.3 Å². The van der Waals surface area contributed by atoms with E-state index in [9.17, 15) is 4.79 Å². The van der Waals surface area contributed by atoms with Gasteiger partial charge >= 0.3 is 0 Å². The molecular weight excluding hydrogens is 240 g/mol. The van der Waals surface area contributed by atoms with Gasteiger partial charge in [0.15, 0.2) is 0 Å². The first-order valence-electron chi connectivity index (χ1n) is 7.19. The second-order valence-corrected chi connectivity index (χ2v) is 5.24. The summed E-state index contributed by atoms with van der Waals surface area (Å²) < 4.78 is 2.09. The monoisotopic (exact) mass is 264 g/mol. The van der Waals surface area contributed by atoms with Gasteiger partial charge in [-0.2, -0.15) is 5.10 Å². The zero-order valence-electron chi connectivity index (χ0n) is 11.9. The number of hydrogen-bond donors (Lipinski definition) is 1. The number of carbonyl (C=O) groups excluding carboxylic acids is 1. The largest absolute Gasteiger partial charge is 0.345 e. The maximum Gasteiger partial charge on any atom is 0.236 e. The number of likely N-dealkylation sites (N-methyl/N-ethyl adjacent to an activating group) is 1. The average molecular weight is 264 g/mol. The highest BCUT2D eigenvalue weighted by molar-refractivity contribution is 5.77. The Balaban J connectivity index is 1.75. The highest BCUT2D eigenvalue weighted by Crippen LogP contribution is 2.28. The summed E-state index contributed by atoms with van der Waals surface area (Å²) in [5.41, 5.74) is 1.01. The Bertz CT molecular complexity index is 409. The molecule has 0 aromatic carbocycles. The molecule has 2 rings (SSSR count). The fourth-order valence-electron chi connectivity index (χ4n) is 2.45. The average Bonchev–Trinajstić information content (AvgIpc) is 3.07. The molecule has 0 aliphatic heterocycles. The van der Waals surface area contributed by atoms with Crippen LogP contribution in [0.2, 0.25) is 0 Å². The van der Waals surface area contributed by atoms with Crippen LogP contribution in [-0.4, -0.2) is 40.7 Å². The fourth-order valence-corrected chi connectivity index (χ4v) is 2.45. The second-order valence-electron chi connectivity index (χ2n) is 5.24. The summed E-state index contributed by atoms with van der Waals surface area (Å²) >= 11 is 0. The number of nitrogens with one attached hydrogen (secondary N) is 1. The molecule has 1 N–H and O–H groups in total. The molecular formula is C14H24N4O. The van der Waals surface area contributed by atoms with E-state index in [1.165, 1.54) is 25.7 Å². The summed E-state index contributed by atoms with van der Waals surface area (Å²) in [6.07, 6.45) is 7.18. The summed E-state index contributed by atoms with van der Waals surface area (Å²) in [7, 11) is 1.82. The number of rotatable bonds is 6. The smallest absolute Gasteiger partial charge is 0.236 e. The normalized spacial score (nSPS) is 15.9. The van der Waals surface area contributed by atoms with E-state index < -0.39 is 0 Å². The van der Waals surface area contributed by atoms with E-state index in [2.05, 4.69) is 21.3 Å². The van der Waals surface area contributed by atoms with E-state index in [4.69, 9.17) is 0 Å². The molecule has 0 radical (unpaired) electrons. The van der Waals surface area contributed by atoms with Gasteiger partial charge in [-0.3, -0.25) is 9.48 Å². The fraction of sp³-hybridized carbons (Fsp3) is 0.714. The van der Waals surface area contributed by atoms with Gasteiger partial charge in [-0.1, -0.05) is 12.8 Å². The van der Waals surface area contributed by atoms with Crippen molar-refractivity contribution in [1.82, 2.24) is 20.0 Å². The molecule has 1 aliphatic rings. The molecule has 106 valence electrons. The highest BCUT2D eigenvalue weighted by atomic mass is 16.2.